The molecule has 7 nitrogen and oxygen atoms in total. The van der Waals surface area contributed by atoms with Gasteiger partial charge in [-0.25, -0.2) is 9.78 Å². The van der Waals surface area contributed by atoms with Crippen LogP contribution in [-0.4, -0.2) is 63.4 Å². The van der Waals surface area contributed by atoms with E-state index in [2.05, 4.69) is 49.9 Å². The molecule has 1 amide bonds. The molecular weight excluding hydrogens is 548 g/mol. The molecule has 7 heteroatoms. The van der Waals surface area contributed by atoms with Crippen LogP contribution in [0.3, 0.4) is 0 Å². The van der Waals surface area contributed by atoms with Gasteiger partial charge in [-0.05, 0) is 106 Å². The average Bonchev–Trinajstić information content (AvgIpc) is 3.62. The quantitative estimate of drug-likeness (QED) is 0.226. The molecule has 0 radical (unpaired) electrons. The van der Waals surface area contributed by atoms with Crippen molar-refractivity contribution in [2.45, 2.75) is 143 Å². The van der Waals surface area contributed by atoms with Gasteiger partial charge in [0.1, 0.15) is 0 Å². The Kier molecular flexibility index (Phi) is 10.5. The Labute approximate surface area is 268 Å². The number of rotatable bonds is 12. The molecule has 0 spiro atoms. The van der Waals surface area contributed by atoms with E-state index in [1.54, 1.807) is 6.33 Å². The fourth-order valence-corrected chi connectivity index (χ4v) is 11.4. The van der Waals surface area contributed by atoms with Crippen molar-refractivity contribution in [3.05, 3.63) is 18.2 Å². The normalized spacial score (nSPS) is 38.9. The van der Waals surface area contributed by atoms with Crippen LogP contribution in [0.1, 0.15) is 125 Å². The Morgan fingerprint density at radius 1 is 1.14 bits per heavy atom. The molecule has 250 valence electrons. The second-order valence-corrected chi connectivity index (χ2v) is 16.2. The highest BCUT2D eigenvalue weighted by atomic mass is 16.6. The predicted molar refractivity (Wildman–Crippen MR) is 177 cm³/mol. The summed E-state index contributed by atoms with van der Waals surface area (Å²) in [4.78, 5) is 22.3. The van der Waals surface area contributed by atoms with E-state index in [1.807, 2.05) is 24.9 Å². The number of carbonyl (C=O) groups excluding carboxylic acids is 1. The summed E-state index contributed by atoms with van der Waals surface area (Å²) in [6, 6.07) is 0.00669. The van der Waals surface area contributed by atoms with E-state index in [0.717, 1.165) is 61.6 Å². The van der Waals surface area contributed by atoms with E-state index in [-0.39, 0.29) is 23.6 Å². The highest BCUT2D eigenvalue weighted by Gasteiger charge is 2.67. The number of aliphatic hydroxyl groups is 1. The first-order valence-electron chi connectivity index (χ1n) is 18.3. The summed E-state index contributed by atoms with van der Waals surface area (Å²) in [5.74, 6) is 4.31. The Bertz CT molecular complexity index is 1080. The predicted octanol–water partition coefficient (Wildman–Crippen LogP) is 7.60. The van der Waals surface area contributed by atoms with Gasteiger partial charge in [-0.3, -0.25) is 0 Å². The van der Waals surface area contributed by atoms with Crippen LogP contribution in [0.25, 0.3) is 0 Å². The monoisotopic (exact) mass is 612 g/mol. The van der Waals surface area contributed by atoms with E-state index in [4.69, 9.17) is 4.74 Å². The molecule has 44 heavy (non-hydrogen) atoms. The Hall–Kier alpha value is -1.60. The van der Waals surface area contributed by atoms with Crippen molar-refractivity contribution in [3.63, 3.8) is 0 Å². The van der Waals surface area contributed by atoms with Crippen molar-refractivity contribution in [3.8, 4) is 0 Å². The smallest absolute Gasteiger partial charge is 0.409 e. The molecule has 1 aromatic heterocycles. The van der Waals surface area contributed by atoms with E-state index in [1.165, 1.54) is 44.9 Å². The number of carbonyl (C=O) groups is 1. The molecule has 4 aliphatic carbocycles. The molecule has 0 bridgehead atoms. The Morgan fingerprint density at radius 3 is 2.61 bits per heavy atom. The zero-order valence-corrected chi connectivity index (χ0v) is 29.0. The third-order valence-electron chi connectivity index (χ3n) is 13.7. The molecule has 5 rings (SSSR count). The van der Waals surface area contributed by atoms with Crippen molar-refractivity contribution in [2.75, 3.05) is 19.7 Å². The summed E-state index contributed by atoms with van der Waals surface area (Å²) in [5, 5.41) is 17.0. The van der Waals surface area contributed by atoms with Crippen molar-refractivity contribution >= 4 is 6.09 Å². The third kappa shape index (κ3) is 6.10. The van der Waals surface area contributed by atoms with Gasteiger partial charge in [-0.2, -0.15) is 0 Å². The van der Waals surface area contributed by atoms with Crippen molar-refractivity contribution < 1.29 is 14.6 Å². The number of nitrogens with one attached hydrogen (secondary N) is 2. The number of amides is 1. The zero-order chi connectivity index (χ0) is 31.7. The lowest BCUT2D eigenvalue weighted by Gasteiger charge is -2.67. The summed E-state index contributed by atoms with van der Waals surface area (Å²) >= 11 is 0. The maximum absolute atomic E-state index is 13.1. The van der Waals surface area contributed by atoms with Crippen molar-refractivity contribution in [2.24, 2.45) is 46.3 Å². The molecular formula is C37H64N4O3. The van der Waals surface area contributed by atoms with Gasteiger partial charge >= 0.3 is 6.09 Å². The molecule has 0 unspecified atom stereocenters. The fourth-order valence-electron chi connectivity index (χ4n) is 11.4. The Balaban J connectivity index is 1.39. The lowest BCUT2D eigenvalue weighted by Crippen LogP contribution is -2.72. The van der Waals surface area contributed by atoms with Gasteiger partial charge in [-0.15, -0.1) is 0 Å². The lowest BCUT2D eigenvalue weighted by molar-refractivity contribution is -0.228. The van der Waals surface area contributed by atoms with Crippen LogP contribution in [0.15, 0.2) is 12.5 Å². The van der Waals surface area contributed by atoms with E-state index in [9.17, 15) is 9.90 Å². The number of hydrogen-bond donors (Lipinski definition) is 3. The first-order valence-corrected chi connectivity index (χ1v) is 18.3. The minimum absolute atomic E-state index is 0.00184. The highest BCUT2D eigenvalue weighted by molar-refractivity contribution is 5.68. The third-order valence-corrected chi connectivity index (χ3v) is 13.7. The van der Waals surface area contributed by atoms with E-state index in [0.29, 0.717) is 36.8 Å². The average molecular weight is 613 g/mol. The molecule has 4 fully saturated rings. The highest BCUT2D eigenvalue weighted by Crippen LogP contribution is 2.69. The zero-order valence-electron chi connectivity index (χ0n) is 29.0. The first-order chi connectivity index (χ1) is 21.0. The van der Waals surface area contributed by atoms with Crippen LogP contribution in [-0.2, 0) is 11.2 Å². The van der Waals surface area contributed by atoms with Crippen LogP contribution >= 0.6 is 0 Å². The number of aromatic nitrogens is 2. The summed E-state index contributed by atoms with van der Waals surface area (Å²) in [6.07, 6.45) is 17.1. The number of hydrogen-bond acceptors (Lipinski definition) is 5. The molecule has 4 aliphatic rings. The molecule has 10 atom stereocenters. The second-order valence-electron chi connectivity index (χ2n) is 16.2. The maximum Gasteiger partial charge on any atom is 0.409 e. The molecule has 0 aromatic carbocycles. The van der Waals surface area contributed by atoms with Gasteiger partial charge in [0, 0.05) is 48.9 Å². The minimum Gasteiger partial charge on any atom is -0.450 e. The number of fused-ring (bicyclic) bond motifs is 5. The molecule has 0 aliphatic heterocycles. The number of imidazole rings is 1. The van der Waals surface area contributed by atoms with Gasteiger partial charge in [0.05, 0.1) is 18.5 Å². The SMILES string of the molecule is CCOC(=O)N(CC)[C@H]1CC[C@]2(C)[C@H]3CC[C@]4(C)[C@@H]([C@H](C)CCCC(C)C)CC[C@H]4[C@@H]3C[C@@H](NCCc3cnc[nH]3)[C@@]2(O)C1. The lowest BCUT2D eigenvalue weighted by atomic mass is 9.41. The van der Waals surface area contributed by atoms with E-state index >= 15 is 0 Å². The number of H-pyrrole nitrogens is 1. The van der Waals surface area contributed by atoms with Crippen molar-refractivity contribution in [1.29, 1.82) is 0 Å². The first kappa shape index (κ1) is 33.8. The van der Waals surface area contributed by atoms with Crippen LogP contribution in [0.2, 0.25) is 0 Å². The largest absolute Gasteiger partial charge is 0.450 e. The van der Waals surface area contributed by atoms with Crippen LogP contribution in [0.5, 0.6) is 0 Å². The molecule has 1 heterocycles. The van der Waals surface area contributed by atoms with Crippen molar-refractivity contribution in [1.82, 2.24) is 20.2 Å². The molecule has 3 N–H and O–H groups in total. The topological polar surface area (TPSA) is 90.5 Å². The van der Waals surface area contributed by atoms with E-state index < -0.39 is 5.60 Å². The van der Waals surface area contributed by atoms with Crippen LogP contribution < -0.4 is 5.32 Å². The van der Waals surface area contributed by atoms with Crippen LogP contribution in [0, 0.1) is 46.3 Å². The van der Waals surface area contributed by atoms with Gasteiger partial charge in [0.2, 0.25) is 0 Å². The minimum atomic E-state index is -0.874. The molecule has 4 saturated carbocycles. The number of ether oxygens (including phenoxy) is 1. The van der Waals surface area contributed by atoms with Gasteiger partial charge in [0.15, 0.2) is 0 Å². The second kappa shape index (κ2) is 13.6. The fraction of sp³-hybridized carbons (Fsp3) is 0.892. The number of aromatic amines is 1. The summed E-state index contributed by atoms with van der Waals surface area (Å²) in [7, 11) is 0. The summed E-state index contributed by atoms with van der Waals surface area (Å²) < 4.78 is 5.47. The molecule has 1 aromatic rings. The maximum atomic E-state index is 13.1. The number of nitrogens with zero attached hydrogens (tertiary/aromatic N) is 2. The van der Waals surface area contributed by atoms with Crippen LogP contribution in [0.4, 0.5) is 4.79 Å². The summed E-state index contributed by atoms with van der Waals surface area (Å²) in [5.41, 5.74) is 0.484. The molecule has 0 saturated heterocycles. The standard InChI is InChI=1S/C37H64N4O3/c1-8-41(34(42)44-9-2)28-15-19-36(7)32-16-18-35(6)30(26(5)12-10-11-25(3)4)13-14-31(35)29(32)21-33(37(36,43)22-28)39-20-17-27-23-38-24-40-27/h23-26,28-33,39,43H,8-22H2,1-7H3,(H,38,40)/t26-,28+,29+,30-,31+,32+,33-,35-,36-,37+/m1/s1. The van der Waals surface area contributed by atoms with Gasteiger partial charge < -0.3 is 25.0 Å². The Morgan fingerprint density at radius 2 is 1.93 bits per heavy atom. The van der Waals surface area contributed by atoms with Gasteiger partial charge in [-0.1, -0.05) is 53.9 Å². The summed E-state index contributed by atoms with van der Waals surface area (Å²) in [6.45, 7) is 18.0. The van der Waals surface area contributed by atoms with Gasteiger partial charge in [0.25, 0.3) is 0 Å².